The fraction of sp³-hybridized carbons (Fsp3) is 0.833. The second-order valence-corrected chi connectivity index (χ2v) is 4.61. The van der Waals surface area contributed by atoms with E-state index >= 15 is 0 Å². The van der Waals surface area contributed by atoms with Gasteiger partial charge in [-0.1, -0.05) is 21.6 Å². The number of hydrogen-bond donors (Lipinski definition) is 1. The summed E-state index contributed by atoms with van der Waals surface area (Å²) < 4.78 is 0. The van der Waals surface area contributed by atoms with Crippen LogP contribution in [0.5, 0.6) is 0 Å². The Bertz CT molecular complexity index is 108. The summed E-state index contributed by atoms with van der Waals surface area (Å²) in [5.74, 6) is 0.127. The van der Waals surface area contributed by atoms with E-state index in [9.17, 15) is 4.79 Å². The average molecular weight is 179 g/mol. The van der Waals surface area contributed by atoms with Gasteiger partial charge in [0.1, 0.15) is 0 Å². The first kappa shape index (κ1) is 10.2. The molecule has 0 fully saturated rings. The minimum absolute atomic E-state index is 0.0648. The fourth-order valence-electron chi connectivity index (χ4n) is 0.506. The molecule has 0 radical (unpaired) electrons. The summed E-state index contributed by atoms with van der Waals surface area (Å²) in [4.78, 5) is 11.0. The molecule has 0 spiro atoms. The number of amides is 1. The van der Waals surface area contributed by atoms with E-state index in [0.29, 0.717) is 0 Å². The molecule has 0 aromatic carbocycles. The molecule has 0 aromatic rings. The lowest BCUT2D eigenvalue weighted by molar-refractivity contribution is -0.120. The van der Waals surface area contributed by atoms with Crippen LogP contribution in [-0.4, -0.2) is 24.0 Å². The van der Waals surface area contributed by atoms with E-state index in [2.05, 4.69) is 5.32 Å². The van der Waals surface area contributed by atoms with Crippen molar-refractivity contribution < 1.29 is 4.79 Å². The molecule has 1 N–H and O–H groups in total. The van der Waals surface area contributed by atoms with Gasteiger partial charge in [0.25, 0.3) is 0 Å². The van der Waals surface area contributed by atoms with Crippen LogP contribution in [-0.2, 0) is 4.79 Å². The third-order valence-electron chi connectivity index (χ3n) is 0.961. The van der Waals surface area contributed by atoms with Gasteiger partial charge in [-0.15, -0.1) is 0 Å². The third kappa shape index (κ3) is 4.06. The zero-order chi connectivity index (χ0) is 7.98. The van der Waals surface area contributed by atoms with Gasteiger partial charge in [0, 0.05) is 6.54 Å². The van der Waals surface area contributed by atoms with Crippen LogP contribution < -0.4 is 5.32 Å². The predicted octanol–water partition coefficient (Wildman–Crippen LogP) is 1.52. The lowest BCUT2D eigenvalue weighted by Crippen LogP contribution is -2.30. The lowest BCUT2D eigenvalue weighted by atomic mass is 10.4. The van der Waals surface area contributed by atoms with Gasteiger partial charge in [-0.25, -0.2) is 0 Å². The molecule has 0 aliphatic heterocycles. The number of rotatable bonds is 4. The average Bonchev–Trinajstić information content (AvgIpc) is 1.89. The standard InChI is InChI=1S/C6H13NOS2/c1-4-7-6(8)5(2)10-9-3/h5H,4H2,1-3H3,(H,7,8)/t5-/m0/s1. The van der Waals surface area contributed by atoms with Crippen LogP contribution in [0, 0.1) is 0 Å². The maximum absolute atomic E-state index is 11.0. The van der Waals surface area contributed by atoms with E-state index in [1.54, 1.807) is 21.6 Å². The Labute approximate surface area is 69.9 Å². The van der Waals surface area contributed by atoms with Gasteiger partial charge >= 0.3 is 0 Å². The van der Waals surface area contributed by atoms with Crippen molar-refractivity contribution in [2.75, 3.05) is 12.8 Å². The van der Waals surface area contributed by atoms with E-state index in [1.807, 2.05) is 20.1 Å². The highest BCUT2D eigenvalue weighted by atomic mass is 33.1. The Balaban J connectivity index is 3.49. The second-order valence-electron chi connectivity index (χ2n) is 1.80. The molecule has 1 amide bonds. The van der Waals surface area contributed by atoms with Gasteiger partial charge in [-0.3, -0.25) is 4.79 Å². The molecule has 0 aliphatic carbocycles. The summed E-state index contributed by atoms with van der Waals surface area (Å²) >= 11 is 0. The quantitative estimate of drug-likeness (QED) is 0.663. The van der Waals surface area contributed by atoms with E-state index in [1.165, 1.54) is 0 Å². The number of carbonyl (C=O) groups excluding carboxylic acids is 1. The van der Waals surface area contributed by atoms with Gasteiger partial charge in [-0.05, 0) is 20.1 Å². The van der Waals surface area contributed by atoms with Crippen molar-refractivity contribution in [2.24, 2.45) is 0 Å². The molecule has 10 heavy (non-hydrogen) atoms. The van der Waals surface area contributed by atoms with Crippen molar-refractivity contribution in [2.45, 2.75) is 19.1 Å². The summed E-state index contributed by atoms with van der Waals surface area (Å²) in [6.07, 6.45) is 1.97. The van der Waals surface area contributed by atoms with Crippen LogP contribution in [0.1, 0.15) is 13.8 Å². The minimum Gasteiger partial charge on any atom is -0.355 e. The van der Waals surface area contributed by atoms with E-state index < -0.39 is 0 Å². The van der Waals surface area contributed by atoms with Gasteiger partial charge in [-0.2, -0.15) is 0 Å². The van der Waals surface area contributed by atoms with Gasteiger partial charge in [0.2, 0.25) is 5.91 Å². The molecule has 1 atom stereocenters. The van der Waals surface area contributed by atoms with Gasteiger partial charge < -0.3 is 5.32 Å². The summed E-state index contributed by atoms with van der Waals surface area (Å²) in [6, 6.07) is 0. The highest BCUT2D eigenvalue weighted by Crippen LogP contribution is 2.22. The first-order chi connectivity index (χ1) is 4.72. The molecule has 60 valence electrons. The Morgan fingerprint density at radius 2 is 2.30 bits per heavy atom. The zero-order valence-corrected chi connectivity index (χ0v) is 8.14. The summed E-state index contributed by atoms with van der Waals surface area (Å²) in [5, 5.41) is 2.82. The molecular formula is C6H13NOS2. The Hall–Kier alpha value is 0.170. The molecule has 4 heteroatoms. The molecule has 0 aromatic heterocycles. The maximum Gasteiger partial charge on any atom is 0.233 e. The lowest BCUT2D eigenvalue weighted by Gasteiger charge is -2.07. The van der Waals surface area contributed by atoms with Crippen molar-refractivity contribution in [1.29, 1.82) is 0 Å². The van der Waals surface area contributed by atoms with Crippen LogP contribution in [0.25, 0.3) is 0 Å². The van der Waals surface area contributed by atoms with Crippen LogP contribution in [0.4, 0.5) is 0 Å². The highest BCUT2D eigenvalue weighted by molar-refractivity contribution is 8.76. The molecule has 0 saturated carbocycles. The third-order valence-corrected chi connectivity index (χ3v) is 3.10. The van der Waals surface area contributed by atoms with Crippen LogP contribution in [0.2, 0.25) is 0 Å². The second kappa shape index (κ2) is 5.92. The molecule has 0 bridgehead atoms. The smallest absolute Gasteiger partial charge is 0.233 e. The SMILES string of the molecule is CCNC(=O)[C@H](C)SSC. The first-order valence-electron chi connectivity index (χ1n) is 3.19. The first-order valence-corrected chi connectivity index (χ1v) is 5.81. The number of hydrogen-bond acceptors (Lipinski definition) is 3. The molecular weight excluding hydrogens is 166 g/mol. The number of nitrogens with one attached hydrogen (secondary N) is 1. The van der Waals surface area contributed by atoms with Crippen molar-refractivity contribution >= 4 is 27.5 Å². The highest BCUT2D eigenvalue weighted by Gasteiger charge is 2.10. The monoisotopic (exact) mass is 179 g/mol. The van der Waals surface area contributed by atoms with Crippen molar-refractivity contribution in [1.82, 2.24) is 5.32 Å². The molecule has 0 rings (SSSR count). The number of carbonyl (C=O) groups is 1. The fourth-order valence-corrected chi connectivity index (χ4v) is 2.09. The summed E-state index contributed by atoms with van der Waals surface area (Å²) in [6.45, 7) is 4.55. The molecule has 0 unspecified atom stereocenters. The summed E-state index contributed by atoms with van der Waals surface area (Å²) in [5.41, 5.74) is 0. The van der Waals surface area contributed by atoms with E-state index in [-0.39, 0.29) is 11.2 Å². The summed E-state index contributed by atoms with van der Waals surface area (Å²) in [7, 11) is 3.20. The van der Waals surface area contributed by atoms with Crippen molar-refractivity contribution in [3.8, 4) is 0 Å². The Morgan fingerprint density at radius 3 is 2.70 bits per heavy atom. The van der Waals surface area contributed by atoms with E-state index in [4.69, 9.17) is 0 Å². The molecule has 0 saturated heterocycles. The molecule has 2 nitrogen and oxygen atoms in total. The van der Waals surface area contributed by atoms with Crippen LogP contribution >= 0.6 is 21.6 Å². The normalized spacial score (nSPS) is 12.7. The van der Waals surface area contributed by atoms with Crippen molar-refractivity contribution in [3.63, 3.8) is 0 Å². The minimum atomic E-state index is 0.0648. The van der Waals surface area contributed by atoms with Crippen LogP contribution in [0.15, 0.2) is 0 Å². The van der Waals surface area contributed by atoms with Crippen LogP contribution in [0.3, 0.4) is 0 Å². The van der Waals surface area contributed by atoms with E-state index in [0.717, 1.165) is 6.54 Å². The maximum atomic E-state index is 11.0. The Morgan fingerprint density at radius 1 is 1.70 bits per heavy atom. The van der Waals surface area contributed by atoms with Crippen molar-refractivity contribution in [3.05, 3.63) is 0 Å². The predicted molar refractivity (Wildman–Crippen MR) is 49.3 cm³/mol. The Kier molecular flexibility index (Phi) is 6.02. The van der Waals surface area contributed by atoms with Gasteiger partial charge in [0.15, 0.2) is 0 Å². The molecule has 0 heterocycles. The van der Waals surface area contributed by atoms with Gasteiger partial charge in [0.05, 0.1) is 5.25 Å². The largest absolute Gasteiger partial charge is 0.355 e. The zero-order valence-electron chi connectivity index (χ0n) is 6.51. The molecule has 0 aliphatic rings. The topological polar surface area (TPSA) is 29.1 Å².